The molecule has 0 fully saturated rings. The molecule has 0 saturated heterocycles. The third-order valence-electron chi connectivity index (χ3n) is 6.26. The molecular weight excluding hydrogens is 364 g/mol. The fraction of sp³-hybridized carbons (Fsp3) is 0.379. The van der Waals surface area contributed by atoms with Gasteiger partial charge in [-0.1, -0.05) is 94.6 Å². The van der Waals surface area contributed by atoms with Crippen LogP contribution in [-0.4, -0.2) is 6.61 Å². The van der Waals surface area contributed by atoms with E-state index in [9.17, 15) is 0 Å². The van der Waals surface area contributed by atoms with E-state index in [1.54, 1.807) is 0 Å². The molecule has 0 unspecified atom stereocenters. The fourth-order valence-electron chi connectivity index (χ4n) is 4.03. The lowest BCUT2D eigenvalue weighted by molar-refractivity contribution is 0.240. The van der Waals surface area contributed by atoms with Gasteiger partial charge in [-0.25, -0.2) is 0 Å². The van der Waals surface area contributed by atoms with Crippen LogP contribution in [0.3, 0.4) is 0 Å². The van der Waals surface area contributed by atoms with E-state index >= 15 is 0 Å². The Morgan fingerprint density at radius 1 is 0.667 bits per heavy atom. The van der Waals surface area contributed by atoms with Crippen molar-refractivity contribution in [2.45, 2.75) is 60.3 Å². The molecular formula is C29H36O. The van der Waals surface area contributed by atoms with E-state index in [1.165, 1.54) is 51.8 Å². The summed E-state index contributed by atoms with van der Waals surface area (Å²) < 4.78 is 6.13. The van der Waals surface area contributed by atoms with Gasteiger partial charge in [-0.2, -0.15) is 0 Å². The molecule has 0 aromatic heterocycles. The van der Waals surface area contributed by atoms with Gasteiger partial charge in [-0.05, 0) is 71.2 Å². The van der Waals surface area contributed by atoms with Crippen molar-refractivity contribution in [3.63, 3.8) is 0 Å². The van der Waals surface area contributed by atoms with Crippen molar-refractivity contribution in [1.82, 2.24) is 0 Å². The van der Waals surface area contributed by atoms with E-state index in [0.717, 1.165) is 25.2 Å². The maximum Gasteiger partial charge on any atom is 0.119 e. The zero-order valence-electron chi connectivity index (χ0n) is 19.3. The van der Waals surface area contributed by atoms with E-state index in [-0.39, 0.29) is 0 Å². The highest BCUT2D eigenvalue weighted by atomic mass is 16.5. The van der Waals surface area contributed by atoms with Crippen LogP contribution in [0.15, 0.2) is 60.7 Å². The number of ether oxygens (including phenoxy) is 1. The topological polar surface area (TPSA) is 9.23 Å². The third kappa shape index (κ3) is 5.14. The van der Waals surface area contributed by atoms with Gasteiger partial charge in [0.2, 0.25) is 0 Å². The van der Waals surface area contributed by atoms with Crippen LogP contribution in [0.2, 0.25) is 0 Å². The van der Waals surface area contributed by atoms with Crippen molar-refractivity contribution in [2.24, 2.45) is 5.92 Å². The van der Waals surface area contributed by atoms with Crippen LogP contribution in [0.25, 0.3) is 22.3 Å². The summed E-state index contributed by atoms with van der Waals surface area (Å²) in [7, 11) is 0. The summed E-state index contributed by atoms with van der Waals surface area (Å²) in [4.78, 5) is 0. The van der Waals surface area contributed by atoms with Crippen LogP contribution in [0.1, 0.15) is 57.2 Å². The standard InChI is InChI=1S/C29H36O/c1-6-22(7-2)20-30-27-15-17-29(24(9-4)19-27)28-16-14-26(18-23(28)8-3)25-12-10-21(5)11-13-25/h10-19,22H,6-9,20H2,1-5H3. The van der Waals surface area contributed by atoms with Crippen molar-refractivity contribution < 1.29 is 4.74 Å². The van der Waals surface area contributed by atoms with Crippen LogP contribution >= 0.6 is 0 Å². The van der Waals surface area contributed by atoms with Gasteiger partial charge in [0.15, 0.2) is 0 Å². The molecule has 0 radical (unpaired) electrons. The highest BCUT2D eigenvalue weighted by Gasteiger charge is 2.12. The number of aryl methyl sites for hydroxylation is 3. The zero-order valence-corrected chi connectivity index (χ0v) is 19.3. The molecule has 0 aliphatic carbocycles. The van der Waals surface area contributed by atoms with Crippen LogP contribution in [-0.2, 0) is 12.8 Å². The zero-order chi connectivity index (χ0) is 21.5. The molecule has 0 aliphatic rings. The van der Waals surface area contributed by atoms with Crippen molar-refractivity contribution >= 4 is 0 Å². The Morgan fingerprint density at radius 3 is 1.83 bits per heavy atom. The number of hydrogen-bond donors (Lipinski definition) is 0. The largest absolute Gasteiger partial charge is 0.493 e. The molecule has 0 atom stereocenters. The van der Waals surface area contributed by atoms with Gasteiger partial charge in [0.1, 0.15) is 5.75 Å². The van der Waals surface area contributed by atoms with Gasteiger partial charge in [0, 0.05) is 0 Å². The van der Waals surface area contributed by atoms with Gasteiger partial charge in [-0.15, -0.1) is 0 Å². The summed E-state index contributed by atoms with van der Waals surface area (Å²) in [5.41, 5.74) is 9.30. The molecule has 0 aliphatic heterocycles. The van der Waals surface area contributed by atoms with Gasteiger partial charge in [0.05, 0.1) is 6.61 Å². The Balaban J connectivity index is 1.91. The van der Waals surface area contributed by atoms with Gasteiger partial charge >= 0.3 is 0 Å². The third-order valence-corrected chi connectivity index (χ3v) is 6.26. The highest BCUT2D eigenvalue weighted by molar-refractivity contribution is 5.76. The van der Waals surface area contributed by atoms with Crippen LogP contribution in [0.4, 0.5) is 0 Å². The predicted octanol–water partition coefficient (Wildman–Crippen LogP) is 8.27. The molecule has 0 bridgehead atoms. The van der Waals surface area contributed by atoms with Crippen LogP contribution in [0.5, 0.6) is 5.75 Å². The summed E-state index contributed by atoms with van der Waals surface area (Å²) in [5, 5.41) is 0. The quantitative estimate of drug-likeness (QED) is 0.351. The minimum Gasteiger partial charge on any atom is -0.493 e. The van der Waals surface area contributed by atoms with E-state index in [2.05, 4.69) is 95.3 Å². The van der Waals surface area contributed by atoms with E-state index < -0.39 is 0 Å². The maximum atomic E-state index is 6.13. The minimum absolute atomic E-state index is 0.635. The first-order valence-electron chi connectivity index (χ1n) is 11.6. The Bertz CT molecular complexity index is 949. The van der Waals surface area contributed by atoms with Crippen LogP contribution < -0.4 is 4.74 Å². The second kappa shape index (κ2) is 10.5. The molecule has 0 spiro atoms. The average Bonchev–Trinajstić information content (AvgIpc) is 2.79. The normalized spacial score (nSPS) is 11.1. The molecule has 3 aromatic rings. The Hall–Kier alpha value is -2.54. The van der Waals surface area contributed by atoms with E-state index in [1.807, 2.05) is 0 Å². The lowest BCUT2D eigenvalue weighted by Crippen LogP contribution is -2.10. The molecule has 3 rings (SSSR count). The summed E-state index contributed by atoms with van der Waals surface area (Å²) in [6.45, 7) is 11.9. The molecule has 0 N–H and O–H groups in total. The molecule has 3 aromatic carbocycles. The summed E-state index contributed by atoms with van der Waals surface area (Å²) >= 11 is 0. The Kier molecular flexibility index (Phi) is 7.74. The molecule has 158 valence electrons. The van der Waals surface area contributed by atoms with Crippen LogP contribution in [0, 0.1) is 12.8 Å². The van der Waals surface area contributed by atoms with Gasteiger partial charge in [0.25, 0.3) is 0 Å². The SMILES string of the molecule is CCc1cc(OCC(CC)CC)ccc1-c1ccc(-c2ccc(C)cc2)cc1CC. The first-order chi connectivity index (χ1) is 14.6. The fourth-order valence-corrected chi connectivity index (χ4v) is 4.03. The molecule has 30 heavy (non-hydrogen) atoms. The second-order valence-corrected chi connectivity index (χ2v) is 8.26. The summed E-state index contributed by atoms with van der Waals surface area (Å²) in [5.74, 6) is 1.63. The molecule has 1 heteroatoms. The average molecular weight is 401 g/mol. The Morgan fingerprint density at radius 2 is 1.23 bits per heavy atom. The maximum absolute atomic E-state index is 6.13. The lowest BCUT2D eigenvalue weighted by atomic mass is 9.90. The Labute approximate surface area is 183 Å². The predicted molar refractivity (Wildman–Crippen MR) is 130 cm³/mol. The first kappa shape index (κ1) is 22.2. The van der Waals surface area contributed by atoms with Crippen molar-refractivity contribution in [2.75, 3.05) is 6.61 Å². The molecule has 0 amide bonds. The lowest BCUT2D eigenvalue weighted by Gasteiger charge is -2.17. The number of hydrogen-bond acceptors (Lipinski definition) is 1. The molecule has 0 heterocycles. The monoisotopic (exact) mass is 400 g/mol. The minimum atomic E-state index is 0.635. The van der Waals surface area contributed by atoms with E-state index in [4.69, 9.17) is 4.74 Å². The van der Waals surface area contributed by atoms with Crippen molar-refractivity contribution in [1.29, 1.82) is 0 Å². The summed E-state index contributed by atoms with van der Waals surface area (Å²) in [6, 6.07) is 22.4. The smallest absolute Gasteiger partial charge is 0.119 e. The molecule has 1 nitrogen and oxygen atoms in total. The van der Waals surface area contributed by atoms with Crippen molar-refractivity contribution in [3.05, 3.63) is 77.4 Å². The molecule has 0 saturated carbocycles. The highest BCUT2D eigenvalue weighted by Crippen LogP contribution is 2.34. The van der Waals surface area contributed by atoms with Gasteiger partial charge in [-0.3, -0.25) is 0 Å². The number of rotatable bonds is 9. The number of benzene rings is 3. The van der Waals surface area contributed by atoms with E-state index in [0.29, 0.717) is 5.92 Å². The first-order valence-corrected chi connectivity index (χ1v) is 11.6. The summed E-state index contributed by atoms with van der Waals surface area (Å²) in [6.07, 6.45) is 4.36. The van der Waals surface area contributed by atoms with Crippen molar-refractivity contribution in [3.8, 4) is 28.0 Å². The van der Waals surface area contributed by atoms with Gasteiger partial charge < -0.3 is 4.74 Å². The second-order valence-electron chi connectivity index (χ2n) is 8.26.